The lowest BCUT2D eigenvalue weighted by atomic mass is 10.0. The lowest BCUT2D eigenvalue weighted by Crippen LogP contribution is -2.43. The van der Waals surface area contributed by atoms with E-state index in [1.807, 2.05) is 33.7 Å². The largest absolute Gasteiger partial charge is 0.472 e. The third kappa shape index (κ3) is 4.65. The molecule has 2 aromatic heterocycles. The summed E-state index contributed by atoms with van der Waals surface area (Å²) in [4.78, 5) is 44.9. The maximum Gasteiger partial charge on any atom is 0.326 e. The van der Waals surface area contributed by atoms with Crippen LogP contribution in [-0.2, 0) is 9.53 Å². The highest BCUT2D eigenvalue weighted by atomic mass is 16.5. The quantitative estimate of drug-likeness (QED) is 0.577. The summed E-state index contributed by atoms with van der Waals surface area (Å²) in [6.07, 6.45) is 6.54. The number of nitrogens with one attached hydrogen (secondary N) is 1. The molecule has 0 saturated carbocycles. The van der Waals surface area contributed by atoms with E-state index in [1.54, 1.807) is 11.0 Å². The molecule has 3 aromatic rings. The number of benzene rings is 1. The van der Waals surface area contributed by atoms with Gasteiger partial charge in [-0.2, -0.15) is 0 Å². The molecular weight excluding hydrogens is 436 g/mol. The molecule has 0 radical (unpaired) electrons. The molecule has 180 valence electrons. The SMILES string of the molecule is O=C(CCN(CC1CCCO1)C(=O)c1ccoc1)N1CCC(n2c(=O)[nH]c3ccccc32)CC1. The Morgan fingerprint density at radius 2 is 1.94 bits per heavy atom. The maximum absolute atomic E-state index is 13.0. The van der Waals surface area contributed by atoms with Crippen molar-refractivity contribution < 1.29 is 18.7 Å². The average Bonchev–Trinajstić information content (AvgIpc) is 3.62. The molecule has 2 aliphatic rings. The van der Waals surface area contributed by atoms with Crippen LogP contribution in [0.25, 0.3) is 11.0 Å². The van der Waals surface area contributed by atoms with Gasteiger partial charge in [-0.3, -0.25) is 14.2 Å². The molecule has 0 bridgehead atoms. The molecule has 0 spiro atoms. The van der Waals surface area contributed by atoms with E-state index in [9.17, 15) is 14.4 Å². The molecule has 5 rings (SSSR count). The van der Waals surface area contributed by atoms with Crippen LogP contribution in [0.5, 0.6) is 0 Å². The third-order valence-corrected chi connectivity index (χ3v) is 6.91. The predicted octanol–water partition coefficient (Wildman–Crippen LogP) is 2.80. The Kier molecular flexibility index (Phi) is 6.53. The molecule has 2 fully saturated rings. The van der Waals surface area contributed by atoms with Crippen LogP contribution in [0.1, 0.15) is 48.5 Å². The first-order valence-corrected chi connectivity index (χ1v) is 12.0. The molecule has 1 N–H and O–H groups in total. The molecule has 4 heterocycles. The zero-order valence-electron chi connectivity index (χ0n) is 19.2. The molecule has 2 aliphatic heterocycles. The zero-order valence-corrected chi connectivity index (χ0v) is 19.2. The summed E-state index contributed by atoms with van der Waals surface area (Å²) in [5, 5.41) is 0. The smallest absolute Gasteiger partial charge is 0.326 e. The maximum atomic E-state index is 13.0. The number of para-hydroxylation sites is 2. The Hall–Kier alpha value is -3.33. The summed E-state index contributed by atoms with van der Waals surface area (Å²) < 4.78 is 12.6. The number of imidazole rings is 1. The number of ether oxygens (including phenoxy) is 1. The number of rotatable bonds is 7. The van der Waals surface area contributed by atoms with Gasteiger partial charge in [0.2, 0.25) is 5.91 Å². The second kappa shape index (κ2) is 9.89. The number of hydrogen-bond acceptors (Lipinski definition) is 5. The number of carbonyl (C=O) groups excluding carboxylic acids is 2. The number of nitrogens with zero attached hydrogens (tertiary/aromatic N) is 3. The number of aromatic amines is 1. The van der Waals surface area contributed by atoms with Crippen LogP contribution in [0.3, 0.4) is 0 Å². The third-order valence-electron chi connectivity index (χ3n) is 6.91. The van der Waals surface area contributed by atoms with Crippen molar-refractivity contribution in [2.24, 2.45) is 0 Å². The van der Waals surface area contributed by atoms with E-state index in [1.165, 1.54) is 12.5 Å². The molecule has 2 amide bonds. The fraction of sp³-hybridized carbons (Fsp3) is 0.480. The number of amides is 2. The van der Waals surface area contributed by atoms with Crippen molar-refractivity contribution >= 4 is 22.8 Å². The van der Waals surface area contributed by atoms with Crippen molar-refractivity contribution in [2.45, 2.75) is 44.2 Å². The highest BCUT2D eigenvalue weighted by molar-refractivity contribution is 5.94. The van der Waals surface area contributed by atoms with Crippen molar-refractivity contribution in [3.63, 3.8) is 0 Å². The van der Waals surface area contributed by atoms with Crippen LogP contribution in [0.4, 0.5) is 0 Å². The van der Waals surface area contributed by atoms with Gasteiger partial charge in [0.25, 0.3) is 5.91 Å². The summed E-state index contributed by atoms with van der Waals surface area (Å²) in [5.41, 5.74) is 2.11. The van der Waals surface area contributed by atoms with E-state index in [0.29, 0.717) is 38.3 Å². The van der Waals surface area contributed by atoms with E-state index < -0.39 is 0 Å². The number of piperidine rings is 1. The fourth-order valence-electron chi connectivity index (χ4n) is 5.08. The summed E-state index contributed by atoms with van der Waals surface area (Å²) in [6.45, 7) is 2.72. The number of likely N-dealkylation sites (tertiary alicyclic amines) is 1. The minimum atomic E-state index is -0.144. The molecule has 1 unspecified atom stereocenters. The van der Waals surface area contributed by atoms with E-state index in [2.05, 4.69) is 4.98 Å². The second-order valence-corrected chi connectivity index (χ2v) is 9.08. The van der Waals surface area contributed by atoms with Crippen molar-refractivity contribution in [3.05, 3.63) is 58.9 Å². The molecule has 1 atom stereocenters. The Bertz CT molecular complexity index is 1180. The molecule has 2 saturated heterocycles. The van der Waals surface area contributed by atoms with Crippen LogP contribution in [0, 0.1) is 0 Å². The van der Waals surface area contributed by atoms with Gasteiger partial charge >= 0.3 is 5.69 Å². The molecule has 9 heteroatoms. The van der Waals surface area contributed by atoms with Gasteiger partial charge in [0, 0.05) is 45.2 Å². The molecular formula is C25H30N4O5. The number of fused-ring (bicyclic) bond motifs is 1. The first-order chi connectivity index (χ1) is 16.6. The molecule has 34 heavy (non-hydrogen) atoms. The predicted molar refractivity (Wildman–Crippen MR) is 126 cm³/mol. The number of aromatic nitrogens is 2. The fourth-order valence-corrected chi connectivity index (χ4v) is 5.08. The summed E-state index contributed by atoms with van der Waals surface area (Å²) in [5.74, 6) is -0.114. The van der Waals surface area contributed by atoms with E-state index in [-0.39, 0.29) is 36.1 Å². The van der Waals surface area contributed by atoms with Crippen molar-refractivity contribution in [1.29, 1.82) is 0 Å². The lowest BCUT2D eigenvalue weighted by molar-refractivity contribution is -0.132. The van der Waals surface area contributed by atoms with E-state index in [4.69, 9.17) is 9.15 Å². The van der Waals surface area contributed by atoms with Crippen molar-refractivity contribution in [2.75, 3.05) is 32.8 Å². The van der Waals surface area contributed by atoms with Gasteiger partial charge in [-0.25, -0.2) is 4.79 Å². The van der Waals surface area contributed by atoms with Crippen LogP contribution in [-0.4, -0.2) is 70.1 Å². The number of H-pyrrole nitrogens is 1. The second-order valence-electron chi connectivity index (χ2n) is 9.08. The lowest BCUT2D eigenvalue weighted by Gasteiger charge is -2.33. The monoisotopic (exact) mass is 466 g/mol. The number of furan rings is 1. The van der Waals surface area contributed by atoms with Crippen LogP contribution >= 0.6 is 0 Å². The Morgan fingerprint density at radius 1 is 1.12 bits per heavy atom. The van der Waals surface area contributed by atoms with Gasteiger partial charge < -0.3 is 23.9 Å². The minimum Gasteiger partial charge on any atom is -0.472 e. The van der Waals surface area contributed by atoms with Gasteiger partial charge in [0.05, 0.1) is 29.0 Å². The van der Waals surface area contributed by atoms with Gasteiger partial charge in [-0.05, 0) is 43.9 Å². The minimum absolute atomic E-state index is 0.0104. The summed E-state index contributed by atoms with van der Waals surface area (Å²) in [6, 6.07) is 9.39. The first-order valence-electron chi connectivity index (χ1n) is 12.0. The summed E-state index contributed by atoms with van der Waals surface area (Å²) in [7, 11) is 0. The van der Waals surface area contributed by atoms with Crippen LogP contribution in [0.2, 0.25) is 0 Å². The Balaban J connectivity index is 1.19. The van der Waals surface area contributed by atoms with Crippen LogP contribution < -0.4 is 5.69 Å². The molecule has 9 nitrogen and oxygen atoms in total. The number of hydrogen-bond donors (Lipinski definition) is 1. The Labute approximate surface area is 197 Å². The topological polar surface area (TPSA) is 101 Å². The average molecular weight is 467 g/mol. The number of carbonyl (C=O) groups is 2. The van der Waals surface area contributed by atoms with Crippen molar-refractivity contribution in [1.82, 2.24) is 19.4 Å². The highest BCUT2D eigenvalue weighted by Crippen LogP contribution is 2.25. The first kappa shape index (κ1) is 22.5. The van der Waals surface area contributed by atoms with Crippen LogP contribution in [0.15, 0.2) is 52.1 Å². The van der Waals surface area contributed by atoms with Gasteiger partial charge in [0.15, 0.2) is 0 Å². The molecule has 1 aromatic carbocycles. The summed E-state index contributed by atoms with van der Waals surface area (Å²) >= 11 is 0. The van der Waals surface area contributed by atoms with E-state index >= 15 is 0 Å². The van der Waals surface area contributed by atoms with E-state index in [0.717, 1.165) is 36.7 Å². The van der Waals surface area contributed by atoms with Gasteiger partial charge in [-0.15, -0.1) is 0 Å². The standard InChI is InChI=1S/C25H30N4O5/c30-23(9-13-28(16-20-4-3-14-34-20)24(31)18-10-15-33-17-18)27-11-7-19(8-12-27)29-22-6-2-1-5-21(22)26-25(29)32/h1-2,5-6,10,15,17,19-20H,3-4,7-9,11-14,16H2,(H,26,32). The Morgan fingerprint density at radius 3 is 2.68 bits per heavy atom. The van der Waals surface area contributed by atoms with Gasteiger partial charge in [-0.1, -0.05) is 12.1 Å². The molecule has 0 aliphatic carbocycles. The van der Waals surface area contributed by atoms with Gasteiger partial charge in [0.1, 0.15) is 6.26 Å². The zero-order chi connectivity index (χ0) is 23.5. The normalized spacial score (nSPS) is 19.1. The highest BCUT2D eigenvalue weighted by Gasteiger charge is 2.28. The van der Waals surface area contributed by atoms with Crippen molar-refractivity contribution in [3.8, 4) is 0 Å².